The van der Waals surface area contributed by atoms with Crippen LogP contribution in [0.4, 0.5) is 0 Å². The zero-order valence-corrected chi connectivity index (χ0v) is 16.6. The molecule has 2 heterocycles. The molecule has 1 amide bonds. The molecule has 7 heteroatoms. The van der Waals surface area contributed by atoms with E-state index in [2.05, 4.69) is 4.98 Å². The van der Waals surface area contributed by atoms with Crippen LogP contribution in [0.1, 0.15) is 21.6 Å². The van der Waals surface area contributed by atoms with Gasteiger partial charge in [0.2, 0.25) is 10.0 Å². The average Bonchev–Trinajstić information content (AvgIpc) is 3.13. The number of aryl methyl sites for hydroxylation is 1. The van der Waals surface area contributed by atoms with Crippen LogP contribution < -0.4 is 0 Å². The van der Waals surface area contributed by atoms with E-state index in [9.17, 15) is 13.2 Å². The van der Waals surface area contributed by atoms with Crippen molar-refractivity contribution in [3.05, 3.63) is 71.4 Å². The van der Waals surface area contributed by atoms with Gasteiger partial charge in [-0.15, -0.1) is 0 Å². The van der Waals surface area contributed by atoms with Crippen molar-refractivity contribution in [1.29, 1.82) is 0 Å². The van der Waals surface area contributed by atoms with Crippen LogP contribution in [0, 0.1) is 6.92 Å². The van der Waals surface area contributed by atoms with Gasteiger partial charge in [0.05, 0.1) is 5.75 Å². The number of piperazine rings is 1. The minimum absolute atomic E-state index is 0.0107. The first kappa shape index (κ1) is 18.7. The van der Waals surface area contributed by atoms with Crippen LogP contribution in [0.25, 0.3) is 10.9 Å². The highest BCUT2D eigenvalue weighted by Crippen LogP contribution is 2.18. The molecule has 0 bridgehead atoms. The second kappa shape index (κ2) is 7.41. The van der Waals surface area contributed by atoms with Gasteiger partial charge in [-0.2, -0.15) is 4.31 Å². The van der Waals surface area contributed by atoms with E-state index < -0.39 is 10.0 Å². The summed E-state index contributed by atoms with van der Waals surface area (Å²) in [7, 11) is -3.40. The quantitative estimate of drug-likeness (QED) is 0.736. The third-order valence-corrected chi connectivity index (χ3v) is 7.00. The van der Waals surface area contributed by atoms with Gasteiger partial charge in [0, 0.05) is 37.1 Å². The lowest BCUT2D eigenvalue weighted by Gasteiger charge is -2.33. The van der Waals surface area contributed by atoms with Crippen LogP contribution in [0.2, 0.25) is 0 Å². The van der Waals surface area contributed by atoms with Crippen molar-refractivity contribution in [2.75, 3.05) is 26.2 Å². The molecule has 0 atom stereocenters. The first-order valence-corrected chi connectivity index (χ1v) is 10.9. The number of aromatic amines is 1. The van der Waals surface area contributed by atoms with Crippen molar-refractivity contribution in [3.8, 4) is 0 Å². The summed E-state index contributed by atoms with van der Waals surface area (Å²) < 4.78 is 26.9. The Morgan fingerprint density at radius 2 is 1.68 bits per heavy atom. The van der Waals surface area contributed by atoms with Crippen molar-refractivity contribution in [2.45, 2.75) is 12.7 Å². The first-order valence-electron chi connectivity index (χ1n) is 9.33. The predicted molar refractivity (Wildman–Crippen MR) is 110 cm³/mol. The average molecular weight is 398 g/mol. The molecule has 4 rings (SSSR count). The van der Waals surface area contributed by atoms with Crippen molar-refractivity contribution in [1.82, 2.24) is 14.2 Å². The summed E-state index contributed by atoms with van der Waals surface area (Å²) in [5, 5.41) is 0.991. The van der Waals surface area contributed by atoms with Crippen LogP contribution in [-0.2, 0) is 15.8 Å². The van der Waals surface area contributed by atoms with Crippen molar-refractivity contribution in [2.24, 2.45) is 0 Å². The highest BCUT2D eigenvalue weighted by atomic mass is 32.2. The van der Waals surface area contributed by atoms with Gasteiger partial charge < -0.3 is 9.88 Å². The lowest BCUT2D eigenvalue weighted by molar-refractivity contribution is 0.0693. The molecule has 0 saturated carbocycles. The molecule has 1 aliphatic heterocycles. The molecule has 28 heavy (non-hydrogen) atoms. The lowest BCUT2D eigenvalue weighted by Crippen LogP contribution is -2.50. The van der Waals surface area contributed by atoms with E-state index in [1.165, 1.54) is 4.31 Å². The Hall–Kier alpha value is -2.64. The number of amides is 1. The van der Waals surface area contributed by atoms with Crippen LogP contribution in [0.3, 0.4) is 0 Å². The molecule has 0 radical (unpaired) electrons. The maximum Gasteiger partial charge on any atom is 0.270 e. The van der Waals surface area contributed by atoms with Gasteiger partial charge >= 0.3 is 0 Å². The molecule has 1 fully saturated rings. The molecule has 3 aromatic rings. The van der Waals surface area contributed by atoms with Gasteiger partial charge in [-0.1, -0.05) is 48.0 Å². The number of fused-ring (bicyclic) bond motifs is 1. The molecule has 2 aromatic carbocycles. The number of carbonyl (C=O) groups is 1. The Bertz CT molecular complexity index is 1060. The highest BCUT2D eigenvalue weighted by Gasteiger charge is 2.29. The standard InChI is InChI=1S/C21H23N3O3S/c1-16-6-8-17(9-7-16)15-28(26,27)24-12-10-23(11-13-24)21(25)20-14-18-4-2-3-5-19(18)22-20/h2-9,14,22H,10-13,15H2,1H3. The SMILES string of the molecule is Cc1ccc(CS(=O)(=O)N2CCN(C(=O)c3cc4ccccc4[nH]3)CC2)cc1. The Morgan fingerprint density at radius 3 is 2.36 bits per heavy atom. The molecule has 0 unspecified atom stereocenters. The zero-order chi connectivity index (χ0) is 19.7. The number of hydrogen-bond acceptors (Lipinski definition) is 3. The molecule has 6 nitrogen and oxygen atoms in total. The van der Waals surface area contributed by atoms with Gasteiger partial charge in [-0.05, 0) is 24.6 Å². The van der Waals surface area contributed by atoms with E-state index in [0.29, 0.717) is 31.9 Å². The summed E-state index contributed by atoms with van der Waals surface area (Å²) in [6.07, 6.45) is 0. The predicted octanol–water partition coefficient (Wildman–Crippen LogP) is 2.76. The fraction of sp³-hybridized carbons (Fsp3) is 0.286. The van der Waals surface area contributed by atoms with E-state index in [-0.39, 0.29) is 11.7 Å². The molecular weight excluding hydrogens is 374 g/mol. The molecular formula is C21H23N3O3S. The molecule has 1 aliphatic rings. The smallest absolute Gasteiger partial charge is 0.270 e. The van der Waals surface area contributed by atoms with E-state index in [0.717, 1.165) is 22.0 Å². The number of nitrogens with zero attached hydrogens (tertiary/aromatic N) is 2. The van der Waals surface area contributed by atoms with Crippen LogP contribution >= 0.6 is 0 Å². The zero-order valence-electron chi connectivity index (χ0n) is 15.8. The minimum Gasteiger partial charge on any atom is -0.351 e. The topological polar surface area (TPSA) is 73.5 Å². The molecule has 1 N–H and O–H groups in total. The van der Waals surface area contributed by atoms with Crippen LogP contribution in [-0.4, -0.2) is 54.7 Å². The Balaban J connectivity index is 1.40. The van der Waals surface area contributed by atoms with Crippen LogP contribution in [0.5, 0.6) is 0 Å². The summed E-state index contributed by atoms with van der Waals surface area (Å²) in [5.41, 5.74) is 3.34. The maximum absolute atomic E-state index is 12.8. The van der Waals surface area contributed by atoms with Crippen molar-refractivity contribution >= 4 is 26.8 Å². The number of nitrogens with one attached hydrogen (secondary N) is 1. The number of sulfonamides is 1. The highest BCUT2D eigenvalue weighted by molar-refractivity contribution is 7.88. The largest absolute Gasteiger partial charge is 0.351 e. The number of hydrogen-bond donors (Lipinski definition) is 1. The molecule has 0 aliphatic carbocycles. The molecule has 0 spiro atoms. The lowest BCUT2D eigenvalue weighted by atomic mass is 10.2. The summed E-state index contributed by atoms with van der Waals surface area (Å²) in [5.74, 6) is -0.102. The van der Waals surface area contributed by atoms with Gasteiger partial charge in [0.25, 0.3) is 5.91 Å². The van der Waals surface area contributed by atoms with Gasteiger partial charge in [-0.25, -0.2) is 8.42 Å². The number of aromatic nitrogens is 1. The number of para-hydroxylation sites is 1. The number of rotatable bonds is 4. The number of carbonyl (C=O) groups excluding carboxylic acids is 1. The van der Waals surface area contributed by atoms with E-state index in [4.69, 9.17) is 0 Å². The maximum atomic E-state index is 12.8. The normalized spacial score (nSPS) is 15.8. The van der Waals surface area contributed by atoms with Crippen molar-refractivity contribution < 1.29 is 13.2 Å². The molecule has 1 aromatic heterocycles. The second-order valence-corrected chi connectivity index (χ2v) is 9.17. The van der Waals surface area contributed by atoms with Gasteiger partial charge in [0.1, 0.15) is 5.69 Å². The third-order valence-electron chi connectivity index (χ3n) is 5.15. The Labute approximate surface area is 164 Å². The van der Waals surface area contributed by atoms with Crippen LogP contribution in [0.15, 0.2) is 54.6 Å². The van der Waals surface area contributed by atoms with Crippen molar-refractivity contribution in [3.63, 3.8) is 0 Å². The first-order chi connectivity index (χ1) is 13.4. The van der Waals surface area contributed by atoms with E-state index in [1.807, 2.05) is 61.5 Å². The Kier molecular flexibility index (Phi) is 4.95. The summed E-state index contributed by atoms with van der Waals surface area (Å²) >= 11 is 0. The van der Waals surface area contributed by atoms with Gasteiger partial charge in [0.15, 0.2) is 0 Å². The fourth-order valence-electron chi connectivity index (χ4n) is 3.51. The third kappa shape index (κ3) is 3.81. The summed E-state index contributed by atoms with van der Waals surface area (Å²) in [6, 6.07) is 17.1. The monoisotopic (exact) mass is 397 g/mol. The Morgan fingerprint density at radius 1 is 1.00 bits per heavy atom. The number of benzene rings is 2. The fourth-order valence-corrected chi connectivity index (χ4v) is 5.03. The van der Waals surface area contributed by atoms with E-state index in [1.54, 1.807) is 4.90 Å². The van der Waals surface area contributed by atoms with E-state index >= 15 is 0 Å². The van der Waals surface area contributed by atoms with Gasteiger partial charge in [-0.3, -0.25) is 4.79 Å². The molecule has 146 valence electrons. The second-order valence-electron chi connectivity index (χ2n) is 7.20. The summed E-state index contributed by atoms with van der Waals surface area (Å²) in [4.78, 5) is 17.6. The summed E-state index contributed by atoms with van der Waals surface area (Å²) in [6.45, 7) is 3.39. The molecule has 1 saturated heterocycles. The number of H-pyrrole nitrogens is 1. The minimum atomic E-state index is -3.40.